The number of alkyl halides is 6. The minimum absolute atomic E-state index is 0. The predicted octanol–water partition coefficient (Wildman–Crippen LogP) is 14.5. The highest BCUT2D eigenvalue weighted by molar-refractivity contribution is 8.24. The number of rotatable bonds is 10. The Kier molecular flexibility index (Phi) is 19.1. The lowest BCUT2D eigenvalue weighted by molar-refractivity contribution is -0.153. The molecule has 70 heavy (non-hydrogen) atoms. The van der Waals surface area contributed by atoms with Gasteiger partial charge in [-0.15, -0.1) is 0 Å². The Morgan fingerprint density at radius 3 is 1.39 bits per heavy atom. The number of hydrogen-bond donors (Lipinski definition) is 1. The number of benzene rings is 4. The molecule has 0 saturated carbocycles. The third kappa shape index (κ3) is 14.9. The Morgan fingerprint density at radius 1 is 0.600 bits per heavy atom. The van der Waals surface area contributed by atoms with Crippen LogP contribution in [-0.4, -0.2) is 62.7 Å². The molecule has 23 heteroatoms. The molecule has 10 nitrogen and oxygen atoms in total. The van der Waals surface area contributed by atoms with E-state index in [2.05, 4.69) is 16.3 Å². The van der Waals surface area contributed by atoms with Crippen LogP contribution < -0.4 is 15.6 Å². The van der Waals surface area contributed by atoms with Gasteiger partial charge in [-0.2, -0.15) is 26.3 Å². The molecule has 2 unspecified atom stereocenters. The van der Waals surface area contributed by atoms with Crippen molar-refractivity contribution in [3.63, 3.8) is 0 Å². The van der Waals surface area contributed by atoms with Crippen LogP contribution in [0.4, 0.5) is 26.3 Å². The minimum atomic E-state index is -4.53. The SMILES string of the molecule is C.CP(=S)(Cl)OCC(F)(F)F.Cc1ccc(-c2ccc(Cl)cc2)cc1-c1c(O)n2n(c1=O)CCCC2.Cc1ccc(-c2ccc(Cl)cc2)cc1-c1c(OP(C)(=S)OCC(F)(F)F)n2n(c1=O)CCCC2. The molecule has 8 rings (SSSR count). The Labute approximate surface area is 426 Å². The van der Waals surface area contributed by atoms with Gasteiger partial charge in [0.05, 0.1) is 0 Å². The molecule has 0 fully saturated rings. The molecule has 0 spiro atoms. The van der Waals surface area contributed by atoms with Crippen molar-refractivity contribution in [2.24, 2.45) is 0 Å². The minimum Gasteiger partial charge on any atom is -0.493 e. The van der Waals surface area contributed by atoms with Crippen LogP contribution in [0.5, 0.6) is 11.8 Å². The molecule has 2 aliphatic heterocycles. The summed E-state index contributed by atoms with van der Waals surface area (Å²) in [4.78, 5) is 26.3. The van der Waals surface area contributed by atoms with Crippen LogP contribution in [0.15, 0.2) is 94.5 Å². The largest absolute Gasteiger partial charge is 0.493 e. The van der Waals surface area contributed by atoms with Crippen LogP contribution in [0.2, 0.25) is 10.0 Å². The molecule has 4 heterocycles. The molecule has 0 aliphatic carbocycles. The molecular formula is C47H51Cl3F6N4O6P2S2. The van der Waals surface area contributed by atoms with Gasteiger partial charge >= 0.3 is 12.4 Å². The monoisotopic (exact) mass is 1110 g/mol. The fraction of sp³-hybridized carbons (Fsp3) is 0.362. The lowest BCUT2D eigenvalue weighted by Crippen LogP contribution is -2.27. The molecule has 1 N–H and O–H groups in total. The number of halogens is 9. The predicted molar refractivity (Wildman–Crippen MR) is 276 cm³/mol. The first-order valence-electron chi connectivity index (χ1n) is 21.3. The summed E-state index contributed by atoms with van der Waals surface area (Å²) in [6, 6.07) is 26.6. The number of fused-ring (bicyclic) bond motifs is 2. The van der Waals surface area contributed by atoms with E-state index < -0.39 is 37.7 Å². The Bertz CT molecular complexity index is 3030. The third-order valence-corrected chi connectivity index (χ3v) is 14.3. The molecule has 2 aromatic heterocycles. The average Bonchev–Trinajstić information content (AvgIpc) is 3.70. The summed E-state index contributed by atoms with van der Waals surface area (Å²) in [7, 11) is 0. The van der Waals surface area contributed by atoms with E-state index in [0.717, 1.165) is 64.6 Å². The molecular weight excluding hydrogens is 1060 g/mol. The van der Waals surface area contributed by atoms with Crippen LogP contribution in [0.3, 0.4) is 0 Å². The van der Waals surface area contributed by atoms with Gasteiger partial charge in [0.25, 0.3) is 11.1 Å². The lowest BCUT2D eigenvalue weighted by Gasteiger charge is -2.24. The standard InChI is InChI=1S/C23H23ClF3N2O3PS.C20H19ClN2O2.C3H5ClF3OPS.CH4/c1-15-5-6-17(16-7-9-18(24)10-8-16)13-19(15)20-21(30)28-11-3-4-12-29(28)22(20)32-33(2,34)31-14-23(25,26)27;1-13-4-5-15(14-6-8-16(21)9-7-14)12-17(13)18-19(24)22-10-2-3-11-23(22)20(18)25;1-9(4,10)8-2-3(5,6)7;/h5-10,13H,3-4,11-12,14H2,1-2H3;4-9,12,24H,2-3,10-11H2,1H3;2H2,1H3;1H4. The van der Waals surface area contributed by atoms with Gasteiger partial charge < -0.3 is 18.7 Å². The highest BCUT2D eigenvalue weighted by Gasteiger charge is 2.34. The third-order valence-electron chi connectivity index (χ3n) is 10.9. The number of hydrogen-bond acceptors (Lipinski definition) is 8. The van der Waals surface area contributed by atoms with E-state index in [1.807, 2.05) is 86.6 Å². The van der Waals surface area contributed by atoms with Crippen molar-refractivity contribution >= 4 is 70.2 Å². The molecule has 380 valence electrons. The number of nitrogens with zero attached hydrogens (tertiary/aromatic N) is 4. The van der Waals surface area contributed by atoms with E-state index in [1.165, 1.54) is 13.3 Å². The highest BCUT2D eigenvalue weighted by atomic mass is 35.7. The zero-order chi connectivity index (χ0) is 50.6. The van der Waals surface area contributed by atoms with Crippen molar-refractivity contribution in [3.05, 3.63) is 127 Å². The van der Waals surface area contributed by atoms with Gasteiger partial charge in [0.2, 0.25) is 18.3 Å². The molecule has 0 saturated heterocycles. The summed E-state index contributed by atoms with van der Waals surface area (Å²) in [5.41, 5.74) is 4.60. The van der Waals surface area contributed by atoms with Crippen molar-refractivity contribution in [2.45, 2.75) is 85.5 Å². The Morgan fingerprint density at radius 2 is 0.971 bits per heavy atom. The molecule has 6 aromatic rings. The summed E-state index contributed by atoms with van der Waals surface area (Å²) in [6.07, 6.45) is -5.31. The maximum atomic E-state index is 13.5. The van der Waals surface area contributed by atoms with Crippen LogP contribution in [0.25, 0.3) is 44.5 Å². The van der Waals surface area contributed by atoms with Crippen molar-refractivity contribution in [1.82, 2.24) is 18.7 Å². The topological polar surface area (TPSA) is 102 Å². The number of aromatic nitrogens is 4. The fourth-order valence-corrected chi connectivity index (χ4v) is 9.87. The molecule has 4 aromatic carbocycles. The number of aryl methyl sites for hydroxylation is 2. The Balaban J connectivity index is 0.000000222. The second kappa shape index (κ2) is 23.4. The summed E-state index contributed by atoms with van der Waals surface area (Å²) >= 11 is 26.9. The zero-order valence-electron chi connectivity index (χ0n) is 37.5. The summed E-state index contributed by atoms with van der Waals surface area (Å²) in [5.74, 6) is 0.232. The van der Waals surface area contributed by atoms with Crippen molar-refractivity contribution in [1.29, 1.82) is 0 Å². The van der Waals surface area contributed by atoms with Gasteiger partial charge in [0, 0.05) is 49.6 Å². The normalized spacial score (nSPS) is 15.1. The Hall–Kier alpha value is -3.83. The maximum Gasteiger partial charge on any atom is 0.412 e. The van der Waals surface area contributed by atoms with Gasteiger partial charge in [-0.3, -0.25) is 19.0 Å². The van der Waals surface area contributed by atoms with Crippen molar-refractivity contribution in [3.8, 4) is 56.3 Å². The molecule has 2 atom stereocenters. The van der Waals surface area contributed by atoms with Gasteiger partial charge in [-0.25, -0.2) is 9.36 Å². The average molecular weight is 1110 g/mol. The lowest BCUT2D eigenvalue weighted by atomic mass is 9.96. The summed E-state index contributed by atoms with van der Waals surface area (Å²) in [5, 5.41) is 12.0. The first-order chi connectivity index (χ1) is 32.2. The van der Waals surface area contributed by atoms with Crippen LogP contribution in [-0.2, 0) is 58.8 Å². The van der Waals surface area contributed by atoms with Gasteiger partial charge in [-0.05, 0) is 132 Å². The van der Waals surface area contributed by atoms with E-state index >= 15 is 0 Å². The van der Waals surface area contributed by atoms with E-state index in [9.17, 15) is 41.0 Å². The maximum absolute atomic E-state index is 13.5. The molecule has 0 amide bonds. The zero-order valence-corrected chi connectivity index (χ0v) is 43.2. The van der Waals surface area contributed by atoms with Gasteiger partial charge in [-0.1, -0.05) is 102 Å². The summed E-state index contributed by atoms with van der Waals surface area (Å²) < 4.78 is 94.1. The van der Waals surface area contributed by atoms with Crippen LogP contribution in [0, 0.1) is 13.8 Å². The van der Waals surface area contributed by atoms with E-state index in [0.29, 0.717) is 47.4 Å². The quantitative estimate of drug-likeness (QED) is 0.107. The van der Waals surface area contributed by atoms with Crippen LogP contribution >= 0.6 is 46.6 Å². The fourth-order valence-electron chi connectivity index (χ4n) is 7.63. The second-order valence-electron chi connectivity index (χ2n) is 16.4. The van der Waals surface area contributed by atoms with Gasteiger partial charge in [0.15, 0.2) is 6.61 Å². The number of aromatic hydroxyl groups is 1. The first-order valence-corrected chi connectivity index (χ1v) is 29.2. The highest BCUT2D eigenvalue weighted by Crippen LogP contribution is 2.50. The molecule has 2 aliphatic rings. The van der Waals surface area contributed by atoms with E-state index in [4.69, 9.17) is 55.3 Å². The van der Waals surface area contributed by atoms with E-state index in [-0.39, 0.29) is 35.9 Å². The first kappa shape index (κ1) is 57.1. The van der Waals surface area contributed by atoms with E-state index in [1.54, 1.807) is 30.9 Å². The summed E-state index contributed by atoms with van der Waals surface area (Å²) in [6.45, 7) is 2.54. The second-order valence-corrected chi connectivity index (χ2v) is 27.6. The van der Waals surface area contributed by atoms with Crippen molar-refractivity contribution in [2.75, 3.05) is 26.5 Å². The van der Waals surface area contributed by atoms with Gasteiger partial charge in [0.1, 0.15) is 23.4 Å². The van der Waals surface area contributed by atoms with Crippen molar-refractivity contribution < 1.29 is 45.0 Å². The van der Waals surface area contributed by atoms with Crippen LogP contribution in [0.1, 0.15) is 44.2 Å². The smallest absolute Gasteiger partial charge is 0.412 e. The molecule has 0 radical (unpaired) electrons. The molecule has 0 bridgehead atoms.